The molecule has 0 radical (unpaired) electrons. The molecule has 1 saturated carbocycles. The van der Waals surface area contributed by atoms with Gasteiger partial charge in [-0.25, -0.2) is 0 Å². The van der Waals surface area contributed by atoms with Gasteiger partial charge in [-0.05, 0) is 42.9 Å². The lowest BCUT2D eigenvalue weighted by Gasteiger charge is -2.22. The van der Waals surface area contributed by atoms with Gasteiger partial charge in [0.15, 0.2) is 0 Å². The summed E-state index contributed by atoms with van der Waals surface area (Å²) in [6, 6.07) is 11.1. The van der Waals surface area contributed by atoms with Crippen LogP contribution >= 0.6 is 0 Å². The quantitative estimate of drug-likeness (QED) is 0.774. The molecule has 1 aromatic rings. The van der Waals surface area contributed by atoms with E-state index >= 15 is 0 Å². The van der Waals surface area contributed by atoms with Crippen molar-refractivity contribution in [3.05, 3.63) is 29.8 Å². The molecule has 0 heterocycles. The predicted molar refractivity (Wildman–Crippen MR) is 75.6 cm³/mol. The van der Waals surface area contributed by atoms with E-state index in [9.17, 15) is 0 Å². The molecule has 0 bridgehead atoms. The SMILES string of the molecule is N#CCCCNc1ccc(C2CCCCC2)cc1. The maximum Gasteiger partial charge on any atom is 0.0622 e. The molecule has 1 aliphatic rings. The van der Waals surface area contributed by atoms with Gasteiger partial charge >= 0.3 is 0 Å². The van der Waals surface area contributed by atoms with Crippen LogP contribution in [0.15, 0.2) is 24.3 Å². The molecular formula is C16H22N2. The minimum absolute atomic E-state index is 0.632. The van der Waals surface area contributed by atoms with Crippen molar-refractivity contribution in [2.45, 2.75) is 50.9 Å². The van der Waals surface area contributed by atoms with Crippen molar-refractivity contribution in [2.75, 3.05) is 11.9 Å². The number of anilines is 1. The normalized spacial score (nSPS) is 16.2. The summed E-state index contributed by atoms with van der Waals surface area (Å²) in [6.07, 6.45) is 8.45. The summed E-state index contributed by atoms with van der Waals surface area (Å²) in [5.41, 5.74) is 2.67. The molecule has 96 valence electrons. The summed E-state index contributed by atoms with van der Waals surface area (Å²) in [4.78, 5) is 0. The zero-order valence-corrected chi connectivity index (χ0v) is 11.0. The van der Waals surface area contributed by atoms with Gasteiger partial charge in [0, 0.05) is 18.7 Å². The van der Waals surface area contributed by atoms with Crippen molar-refractivity contribution in [1.29, 1.82) is 5.26 Å². The Morgan fingerprint density at radius 3 is 2.50 bits per heavy atom. The van der Waals surface area contributed by atoms with E-state index in [4.69, 9.17) is 5.26 Å². The summed E-state index contributed by atoms with van der Waals surface area (Å²) in [7, 11) is 0. The minimum atomic E-state index is 0.632. The molecule has 1 aromatic carbocycles. The molecule has 1 aliphatic carbocycles. The van der Waals surface area contributed by atoms with Gasteiger partial charge in [0.1, 0.15) is 0 Å². The highest BCUT2D eigenvalue weighted by Gasteiger charge is 2.14. The van der Waals surface area contributed by atoms with Crippen LogP contribution in [0.1, 0.15) is 56.4 Å². The fourth-order valence-electron chi connectivity index (χ4n) is 2.71. The fraction of sp³-hybridized carbons (Fsp3) is 0.562. The van der Waals surface area contributed by atoms with Gasteiger partial charge in [-0.1, -0.05) is 31.4 Å². The Balaban J connectivity index is 1.83. The number of nitriles is 1. The van der Waals surface area contributed by atoms with Crippen LogP contribution in [0.4, 0.5) is 5.69 Å². The maximum absolute atomic E-state index is 8.47. The Morgan fingerprint density at radius 1 is 1.11 bits per heavy atom. The molecule has 2 nitrogen and oxygen atoms in total. The van der Waals surface area contributed by atoms with Crippen LogP contribution < -0.4 is 5.32 Å². The largest absolute Gasteiger partial charge is 0.385 e. The molecule has 1 fully saturated rings. The molecule has 0 unspecified atom stereocenters. The van der Waals surface area contributed by atoms with E-state index in [1.165, 1.54) is 43.4 Å². The average Bonchev–Trinajstić information content (AvgIpc) is 2.45. The molecular weight excluding hydrogens is 220 g/mol. The Bertz CT molecular complexity index is 383. The topological polar surface area (TPSA) is 35.8 Å². The monoisotopic (exact) mass is 242 g/mol. The van der Waals surface area contributed by atoms with Gasteiger partial charge in [-0.2, -0.15) is 5.26 Å². The summed E-state index contributed by atoms with van der Waals surface area (Å²) < 4.78 is 0. The first kappa shape index (κ1) is 13.0. The summed E-state index contributed by atoms with van der Waals surface area (Å²) >= 11 is 0. The van der Waals surface area contributed by atoms with Crippen molar-refractivity contribution >= 4 is 5.69 Å². The van der Waals surface area contributed by atoms with E-state index in [1.54, 1.807) is 0 Å². The lowest BCUT2D eigenvalue weighted by molar-refractivity contribution is 0.443. The first-order chi connectivity index (χ1) is 8.90. The number of benzene rings is 1. The zero-order valence-electron chi connectivity index (χ0n) is 11.0. The zero-order chi connectivity index (χ0) is 12.6. The number of unbranched alkanes of at least 4 members (excludes halogenated alkanes) is 1. The third kappa shape index (κ3) is 3.77. The van der Waals surface area contributed by atoms with Crippen LogP contribution in [0.2, 0.25) is 0 Å². The number of hydrogen-bond acceptors (Lipinski definition) is 2. The molecule has 0 saturated heterocycles. The Kier molecular flexibility index (Phi) is 5.08. The van der Waals surface area contributed by atoms with E-state index in [-0.39, 0.29) is 0 Å². The second-order valence-electron chi connectivity index (χ2n) is 5.15. The van der Waals surface area contributed by atoms with E-state index in [0.29, 0.717) is 6.42 Å². The van der Waals surface area contributed by atoms with E-state index < -0.39 is 0 Å². The standard InChI is InChI=1S/C16H22N2/c17-12-4-5-13-18-16-10-8-15(9-11-16)14-6-2-1-3-7-14/h8-11,14,18H,1-7,13H2. The molecule has 18 heavy (non-hydrogen) atoms. The first-order valence-electron chi connectivity index (χ1n) is 7.11. The first-order valence-corrected chi connectivity index (χ1v) is 7.11. The predicted octanol–water partition coefficient (Wildman–Crippen LogP) is 4.45. The number of nitrogens with one attached hydrogen (secondary N) is 1. The van der Waals surface area contributed by atoms with Crippen molar-refractivity contribution in [3.8, 4) is 6.07 Å². The molecule has 2 rings (SSSR count). The molecule has 0 amide bonds. The molecule has 0 atom stereocenters. The molecule has 0 aromatic heterocycles. The second kappa shape index (κ2) is 7.06. The van der Waals surface area contributed by atoms with Crippen molar-refractivity contribution in [2.24, 2.45) is 0 Å². The van der Waals surface area contributed by atoms with E-state index in [2.05, 4.69) is 35.7 Å². The lowest BCUT2D eigenvalue weighted by Crippen LogP contribution is -2.05. The third-order valence-electron chi connectivity index (χ3n) is 3.78. The maximum atomic E-state index is 8.47. The van der Waals surface area contributed by atoms with E-state index in [1.807, 2.05) is 0 Å². The van der Waals surface area contributed by atoms with Crippen molar-refractivity contribution in [3.63, 3.8) is 0 Å². The minimum Gasteiger partial charge on any atom is -0.385 e. The van der Waals surface area contributed by atoms with Crippen molar-refractivity contribution < 1.29 is 0 Å². The third-order valence-corrected chi connectivity index (χ3v) is 3.78. The summed E-state index contributed by atoms with van der Waals surface area (Å²) in [6.45, 7) is 0.885. The van der Waals surface area contributed by atoms with Gasteiger partial charge < -0.3 is 5.32 Å². The van der Waals surface area contributed by atoms with Crippen LogP contribution in [-0.2, 0) is 0 Å². The summed E-state index contributed by atoms with van der Waals surface area (Å²) in [5.74, 6) is 0.784. The Morgan fingerprint density at radius 2 is 1.83 bits per heavy atom. The van der Waals surface area contributed by atoms with Gasteiger partial charge in [0.2, 0.25) is 0 Å². The second-order valence-corrected chi connectivity index (χ2v) is 5.15. The molecule has 0 aliphatic heterocycles. The smallest absolute Gasteiger partial charge is 0.0622 e. The van der Waals surface area contributed by atoms with Crippen LogP contribution in [0.3, 0.4) is 0 Å². The highest BCUT2D eigenvalue weighted by atomic mass is 14.9. The summed E-state index contributed by atoms with van der Waals surface area (Å²) in [5, 5.41) is 11.8. The number of rotatable bonds is 5. The van der Waals surface area contributed by atoms with E-state index in [0.717, 1.165) is 18.9 Å². The van der Waals surface area contributed by atoms with Gasteiger partial charge in [-0.3, -0.25) is 0 Å². The van der Waals surface area contributed by atoms with Crippen molar-refractivity contribution in [1.82, 2.24) is 0 Å². The van der Waals surface area contributed by atoms with Gasteiger partial charge in [-0.15, -0.1) is 0 Å². The molecule has 1 N–H and O–H groups in total. The Hall–Kier alpha value is -1.49. The Labute approximate surface area is 110 Å². The lowest BCUT2D eigenvalue weighted by atomic mass is 9.84. The van der Waals surface area contributed by atoms with Crippen LogP contribution in [-0.4, -0.2) is 6.54 Å². The highest BCUT2D eigenvalue weighted by molar-refractivity contribution is 5.45. The average molecular weight is 242 g/mol. The van der Waals surface area contributed by atoms with Crippen LogP contribution in [0, 0.1) is 11.3 Å². The molecule has 2 heteroatoms. The highest BCUT2D eigenvalue weighted by Crippen LogP contribution is 2.32. The van der Waals surface area contributed by atoms with Crippen LogP contribution in [0.5, 0.6) is 0 Å². The number of hydrogen-bond donors (Lipinski definition) is 1. The van der Waals surface area contributed by atoms with Crippen LogP contribution in [0.25, 0.3) is 0 Å². The molecule has 0 spiro atoms. The fourth-order valence-corrected chi connectivity index (χ4v) is 2.71. The van der Waals surface area contributed by atoms with Gasteiger partial charge in [0.25, 0.3) is 0 Å². The van der Waals surface area contributed by atoms with Gasteiger partial charge in [0.05, 0.1) is 6.07 Å². The number of nitrogens with zero attached hydrogens (tertiary/aromatic N) is 1.